The van der Waals surface area contributed by atoms with Crippen molar-refractivity contribution in [3.05, 3.63) is 12.1 Å². The Morgan fingerprint density at radius 3 is 2.88 bits per heavy atom. The summed E-state index contributed by atoms with van der Waals surface area (Å²) in [7, 11) is 0. The molecule has 8 heteroatoms. The molecule has 8 nitrogen and oxygen atoms in total. The molecule has 0 spiro atoms. The second-order valence-corrected chi connectivity index (χ2v) is 3.73. The quantitative estimate of drug-likeness (QED) is 0.802. The van der Waals surface area contributed by atoms with Crippen molar-refractivity contribution in [2.45, 2.75) is 19.8 Å². The van der Waals surface area contributed by atoms with Crippen LogP contribution >= 0.6 is 0 Å². The highest BCUT2D eigenvalue weighted by atomic mass is 16.5. The summed E-state index contributed by atoms with van der Waals surface area (Å²) < 4.78 is 5.02. The van der Waals surface area contributed by atoms with Gasteiger partial charge in [-0.3, -0.25) is 4.79 Å². The molecule has 2 N–H and O–H groups in total. The van der Waals surface area contributed by atoms with E-state index in [4.69, 9.17) is 9.63 Å². The maximum absolute atomic E-state index is 10.8. The van der Waals surface area contributed by atoms with Crippen molar-refractivity contribution in [1.82, 2.24) is 25.6 Å². The summed E-state index contributed by atoms with van der Waals surface area (Å²) in [6.07, 6.45) is 1.46. The molecule has 0 aliphatic heterocycles. The Labute approximate surface area is 96.0 Å². The van der Waals surface area contributed by atoms with E-state index in [0.29, 0.717) is 5.69 Å². The van der Waals surface area contributed by atoms with Gasteiger partial charge in [-0.15, -0.1) is 0 Å². The van der Waals surface area contributed by atoms with Crippen LogP contribution in [0.2, 0.25) is 0 Å². The summed E-state index contributed by atoms with van der Waals surface area (Å²) in [6.45, 7) is 3.31. The fourth-order valence-corrected chi connectivity index (χ4v) is 1.26. The van der Waals surface area contributed by atoms with E-state index in [1.807, 2.05) is 0 Å². The number of aromatic nitrogens is 5. The highest BCUT2D eigenvalue weighted by Crippen LogP contribution is 2.24. The van der Waals surface area contributed by atoms with E-state index in [-0.39, 0.29) is 17.6 Å². The SMILES string of the molecule is CC(C(=O)O)C(C)c1nc(-c2cn[nH]n2)no1. The van der Waals surface area contributed by atoms with E-state index < -0.39 is 11.9 Å². The summed E-state index contributed by atoms with van der Waals surface area (Å²) in [5, 5.41) is 22.5. The van der Waals surface area contributed by atoms with Crippen LogP contribution in [-0.4, -0.2) is 36.6 Å². The normalized spacial score (nSPS) is 14.5. The summed E-state index contributed by atoms with van der Waals surface area (Å²) in [4.78, 5) is 14.9. The molecule has 0 aliphatic rings. The van der Waals surface area contributed by atoms with Gasteiger partial charge in [-0.2, -0.15) is 20.4 Å². The minimum Gasteiger partial charge on any atom is -0.481 e. The van der Waals surface area contributed by atoms with E-state index in [0.717, 1.165) is 0 Å². The number of hydrogen-bond donors (Lipinski definition) is 2. The van der Waals surface area contributed by atoms with Gasteiger partial charge in [0.05, 0.1) is 12.1 Å². The second kappa shape index (κ2) is 4.32. The zero-order valence-corrected chi connectivity index (χ0v) is 9.28. The van der Waals surface area contributed by atoms with Crippen LogP contribution in [0, 0.1) is 5.92 Å². The topological polar surface area (TPSA) is 118 Å². The monoisotopic (exact) mass is 237 g/mol. The predicted molar refractivity (Wildman–Crippen MR) is 54.9 cm³/mol. The van der Waals surface area contributed by atoms with Crippen LogP contribution in [0.15, 0.2) is 10.7 Å². The highest BCUT2D eigenvalue weighted by Gasteiger charge is 2.26. The summed E-state index contributed by atoms with van der Waals surface area (Å²) in [6, 6.07) is 0. The fraction of sp³-hybridized carbons (Fsp3) is 0.444. The Bertz CT molecular complexity index is 506. The number of carbonyl (C=O) groups is 1. The van der Waals surface area contributed by atoms with Crippen molar-refractivity contribution in [2.24, 2.45) is 5.92 Å². The lowest BCUT2D eigenvalue weighted by Crippen LogP contribution is -2.16. The van der Waals surface area contributed by atoms with Crippen LogP contribution in [0.1, 0.15) is 25.7 Å². The van der Waals surface area contributed by atoms with Gasteiger partial charge < -0.3 is 9.63 Å². The second-order valence-electron chi connectivity index (χ2n) is 3.73. The number of aromatic amines is 1. The molecule has 2 heterocycles. The molecule has 0 aromatic carbocycles. The van der Waals surface area contributed by atoms with Crippen molar-refractivity contribution >= 4 is 5.97 Å². The number of hydrogen-bond acceptors (Lipinski definition) is 6. The molecule has 0 fully saturated rings. The Kier molecular flexibility index (Phi) is 2.86. The first-order valence-electron chi connectivity index (χ1n) is 5.02. The third-order valence-electron chi connectivity index (χ3n) is 2.61. The van der Waals surface area contributed by atoms with Gasteiger partial charge in [0.2, 0.25) is 11.7 Å². The molecule has 2 unspecified atom stereocenters. The average molecular weight is 237 g/mol. The number of H-pyrrole nitrogens is 1. The van der Waals surface area contributed by atoms with Crippen molar-refractivity contribution in [1.29, 1.82) is 0 Å². The molecule has 0 saturated heterocycles. The van der Waals surface area contributed by atoms with Gasteiger partial charge in [-0.25, -0.2) is 0 Å². The molecule has 17 heavy (non-hydrogen) atoms. The van der Waals surface area contributed by atoms with E-state index in [9.17, 15) is 4.79 Å². The van der Waals surface area contributed by atoms with Gasteiger partial charge in [0.15, 0.2) is 5.69 Å². The molecule has 0 radical (unpaired) electrons. The van der Waals surface area contributed by atoms with E-state index >= 15 is 0 Å². The number of carboxylic acid groups (broad SMARTS) is 1. The summed E-state index contributed by atoms with van der Waals surface area (Å²) in [5.74, 6) is -1.30. The van der Waals surface area contributed by atoms with E-state index in [1.54, 1.807) is 13.8 Å². The first-order chi connectivity index (χ1) is 8.09. The standard InChI is InChI=1S/C9H11N5O3/c1-4(5(2)9(15)16)8-11-7(13-17-8)6-3-10-14-12-6/h3-5H,1-2H3,(H,15,16)(H,10,12,14). The number of nitrogens with zero attached hydrogens (tertiary/aromatic N) is 4. The summed E-state index contributed by atoms with van der Waals surface area (Å²) in [5.41, 5.74) is 0.454. The molecule has 0 saturated carbocycles. The minimum atomic E-state index is -0.904. The molecule has 2 aromatic rings. The third-order valence-corrected chi connectivity index (χ3v) is 2.61. The van der Waals surface area contributed by atoms with Crippen LogP contribution in [0.4, 0.5) is 0 Å². The van der Waals surface area contributed by atoms with Gasteiger partial charge in [0, 0.05) is 5.92 Å². The van der Waals surface area contributed by atoms with Gasteiger partial charge >= 0.3 is 5.97 Å². The summed E-state index contributed by atoms with van der Waals surface area (Å²) >= 11 is 0. The maximum atomic E-state index is 10.8. The molecular weight excluding hydrogens is 226 g/mol. The van der Waals surface area contributed by atoms with Crippen LogP contribution in [0.25, 0.3) is 11.5 Å². The Morgan fingerprint density at radius 1 is 1.53 bits per heavy atom. The molecule has 2 atom stereocenters. The van der Waals surface area contributed by atoms with Crippen LogP contribution < -0.4 is 0 Å². The third kappa shape index (κ3) is 2.14. The Morgan fingerprint density at radius 2 is 2.29 bits per heavy atom. The molecule has 2 aromatic heterocycles. The fourth-order valence-electron chi connectivity index (χ4n) is 1.26. The zero-order valence-electron chi connectivity index (χ0n) is 9.28. The lowest BCUT2D eigenvalue weighted by Gasteiger charge is -2.10. The highest BCUT2D eigenvalue weighted by molar-refractivity contribution is 5.70. The van der Waals surface area contributed by atoms with Gasteiger partial charge in [0.1, 0.15) is 0 Å². The van der Waals surface area contributed by atoms with Gasteiger partial charge in [-0.1, -0.05) is 19.0 Å². The Balaban J connectivity index is 2.21. The number of carboxylic acids is 1. The lowest BCUT2D eigenvalue weighted by atomic mass is 9.96. The predicted octanol–water partition coefficient (Wildman–Crippen LogP) is 0.679. The van der Waals surface area contributed by atoms with E-state index in [1.165, 1.54) is 6.20 Å². The first kappa shape index (κ1) is 11.2. The Hall–Kier alpha value is -2.25. The molecule has 90 valence electrons. The largest absolute Gasteiger partial charge is 0.481 e. The number of nitrogens with one attached hydrogen (secondary N) is 1. The minimum absolute atomic E-state index is 0.276. The molecule has 0 amide bonds. The van der Waals surface area contributed by atoms with Crippen molar-refractivity contribution in [3.8, 4) is 11.5 Å². The van der Waals surface area contributed by atoms with E-state index in [2.05, 4.69) is 25.6 Å². The maximum Gasteiger partial charge on any atom is 0.307 e. The molecule has 2 rings (SSSR count). The van der Waals surface area contributed by atoms with Crippen LogP contribution in [0.5, 0.6) is 0 Å². The lowest BCUT2D eigenvalue weighted by molar-refractivity contribution is -0.141. The van der Waals surface area contributed by atoms with Gasteiger partial charge in [0.25, 0.3) is 0 Å². The van der Waals surface area contributed by atoms with Crippen LogP contribution in [-0.2, 0) is 4.79 Å². The average Bonchev–Trinajstić information content (AvgIpc) is 2.96. The first-order valence-corrected chi connectivity index (χ1v) is 5.02. The molecule has 0 bridgehead atoms. The molecule has 0 aliphatic carbocycles. The zero-order chi connectivity index (χ0) is 12.4. The number of rotatable bonds is 4. The van der Waals surface area contributed by atoms with Gasteiger partial charge in [-0.05, 0) is 0 Å². The van der Waals surface area contributed by atoms with Crippen LogP contribution in [0.3, 0.4) is 0 Å². The van der Waals surface area contributed by atoms with Crippen molar-refractivity contribution < 1.29 is 14.4 Å². The van der Waals surface area contributed by atoms with Crippen molar-refractivity contribution in [3.63, 3.8) is 0 Å². The smallest absolute Gasteiger partial charge is 0.307 e. The number of aliphatic carboxylic acids is 1. The molecular formula is C9H11N5O3. The van der Waals surface area contributed by atoms with Crippen molar-refractivity contribution in [2.75, 3.05) is 0 Å².